The zero-order valence-electron chi connectivity index (χ0n) is 14.6. The smallest absolute Gasteiger partial charge is 0.269 e. The largest absolute Gasteiger partial charge is 0.332 e. The van der Waals surface area contributed by atoms with Gasteiger partial charge in [0.1, 0.15) is 0 Å². The second kappa shape index (κ2) is 8.58. The highest BCUT2D eigenvalue weighted by atomic mass is 16.6. The zero-order valence-corrected chi connectivity index (χ0v) is 14.6. The van der Waals surface area contributed by atoms with Gasteiger partial charge in [0.15, 0.2) is 0 Å². The number of carbonyl (C=O) groups excluding carboxylic acids is 1. The van der Waals surface area contributed by atoms with Crippen LogP contribution in [0.1, 0.15) is 30.5 Å². The molecule has 0 saturated carbocycles. The second-order valence-electron chi connectivity index (χ2n) is 6.05. The van der Waals surface area contributed by atoms with Crippen LogP contribution < -0.4 is 0 Å². The van der Waals surface area contributed by atoms with E-state index in [1.807, 2.05) is 26.0 Å². The van der Waals surface area contributed by atoms with E-state index < -0.39 is 4.92 Å². The highest BCUT2D eigenvalue weighted by molar-refractivity contribution is 5.92. The molecule has 1 amide bonds. The van der Waals surface area contributed by atoms with Gasteiger partial charge in [0.25, 0.3) is 5.69 Å². The predicted octanol–water partition coefficient (Wildman–Crippen LogP) is 3.92. The molecule has 0 aliphatic carbocycles. The van der Waals surface area contributed by atoms with Gasteiger partial charge in [-0.05, 0) is 55.3 Å². The Balaban J connectivity index is 2.09. The molecule has 0 aromatic heterocycles. The molecule has 132 valence electrons. The van der Waals surface area contributed by atoms with Crippen molar-refractivity contribution in [1.82, 2.24) is 4.90 Å². The topological polar surface area (TPSA) is 87.2 Å². The lowest BCUT2D eigenvalue weighted by atomic mass is 10.1. The normalized spacial score (nSPS) is 10.7. The summed E-state index contributed by atoms with van der Waals surface area (Å²) >= 11 is 0. The molecule has 0 N–H and O–H groups in total. The van der Waals surface area contributed by atoms with Crippen LogP contribution in [0.5, 0.6) is 0 Å². The zero-order chi connectivity index (χ0) is 19.1. The Labute approximate surface area is 152 Å². The number of nitro benzene ring substituents is 1. The number of carbonyl (C=O) groups is 1. The van der Waals surface area contributed by atoms with Crippen LogP contribution in [0.15, 0.2) is 54.6 Å². The van der Waals surface area contributed by atoms with Gasteiger partial charge in [0.2, 0.25) is 5.91 Å². The molecule has 0 unspecified atom stereocenters. The lowest BCUT2D eigenvalue weighted by molar-refractivity contribution is -0.384. The van der Waals surface area contributed by atoms with Crippen molar-refractivity contribution in [2.45, 2.75) is 26.4 Å². The summed E-state index contributed by atoms with van der Waals surface area (Å²) in [5.41, 5.74) is 2.24. The third kappa shape index (κ3) is 5.02. The van der Waals surface area contributed by atoms with Crippen LogP contribution in [-0.4, -0.2) is 21.8 Å². The molecule has 2 rings (SSSR count). The molecule has 0 saturated heterocycles. The number of nitriles is 1. The van der Waals surface area contributed by atoms with E-state index >= 15 is 0 Å². The van der Waals surface area contributed by atoms with Crippen LogP contribution in [0.25, 0.3) is 6.08 Å². The van der Waals surface area contributed by atoms with Crippen molar-refractivity contribution < 1.29 is 9.72 Å². The van der Waals surface area contributed by atoms with Gasteiger partial charge in [-0.3, -0.25) is 14.9 Å². The van der Waals surface area contributed by atoms with Crippen molar-refractivity contribution in [2.75, 3.05) is 0 Å². The SMILES string of the molecule is CC(C)N(Cc1ccc(C#N)cc1)C(=O)/C=C/c1ccc([N+](=O)[O-])cc1. The molecule has 6 nitrogen and oxygen atoms in total. The summed E-state index contributed by atoms with van der Waals surface area (Å²) in [5, 5.41) is 19.5. The number of benzene rings is 2. The molecule has 0 bridgehead atoms. The number of rotatable bonds is 6. The fourth-order valence-electron chi connectivity index (χ4n) is 2.37. The predicted molar refractivity (Wildman–Crippen MR) is 99.0 cm³/mol. The lowest BCUT2D eigenvalue weighted by Crippen LogP contribution is -2.35. The molecule has 0 heterocycles. The molecule has 6 heteroatoms. The average Bonchev–Trinajstić information content (AvgIpc) is 2.64. The van der Waals surface area contributed by atoms with Crippen LogP contribution in [-0.2, 0) is 11.3 Å². The maximum Gasteiger partial charge on any atom is 0.269 e. The van der Waals surface area contributed by atoms with Gasteiger partial charge in [0.05, 0.1) is 16.6 Å². The first-order valence-electron chi connectivity index (χ1n) is 8.13. The maximum atomic E-state index is 12.5. The van der Waals surface area contributed by atoms with Gasteiger partial charge >= 0.3 is 0 Å². The Kier molecular flexibility index (Phi) is 6.23. The first-order valence-corrected chi connectivity index (χ1v) is 8.13. The van der Waals surface area contributed by atoms with Gasteiger partial charge in [-0.1, -0.05) is 12.1 Å². The summed E-state index contributed by atoms with van der Waals surface area (Å²) in [6.45, 7) is 4.30. The summed E-state index contributed by atoms with van der Waals surface area (Å²) in [4.78, 5) is 24.5. The highest BCUT2D eigenvalue weighted by Crippen LogP contribution is 2.14. The molecular formula is C20H19N3O3. The van der Waals surface area contributed by atoms with Crippen molar-refractivity contribution in [3.63, 3.8) is 0 Å². The van der Waals surface area contributed by atoms with E-state index in [1.54, 1.807) is 35.2 Å². The number of non-ortho nitro benzene ring substituents is 1. The Morgan fingerprint density at radius 2 is 1.81 bits per heavy atom. The van der Waals surface area contributed by atoms with E-state index in [4.69, 9.17) is 5.26 Å². The summed E-state index contributed by atoms with van der Waals surface area (Å²) in [7, 11) is 0. The molecule has 0 radical (unpaired) electrons. The average molecular weight is 349 g/mol. The summed E-state index contributed by atoms with van der Waals surface area (Å²) in [6.07, 6.45) is 3.10. The van der Waals surface area contributed by atoms with E-state index in [9.17, 15) is 14.9 Å². The van der Waals surface area contributed by atoms with E-state index in [0.717, 1.165) is 5.56 Å². The molecule has 0 aliphatic rings. The van der Waals surface area contributed by atoms with Gasteiger partial charge in [-0.2, -0.15) is 5.26 Å². The summed E-state index contributed by atoms with van der Waals surface area (Å²) in [5.74, 6) is -0.150. The van der Waals surface area contributed by atoms with Crippen molar-refractivity contribution in [3.8, 4) is 6.07 Å². The Morgan fingerprint density at radius 1 is 1.19 bits per heavy atom. The Hall–Kier alpha value is -3.46. The lowest BCUT2D eigenvalue weighted by Gasteiger charge is -2.25. The number of hydrogen-bond acceptors (Lipinski definition) is 4. The maximum absolute atomic E-state index is 12.5. The van der Waals surface area contributed by atoms with E-state index in [-0.39, 0.29) is 17.6 Å². The van der Waals surface area contributed by atoms with Crippen LogP contribution >= 0.6 is 0 Å². The van der Waals surface area contributed by atoms with Crippen molar-refractivity contribution >= 4 is 17.7 Å². The minimum Gasteiger partial charge on any atom is -0.332 e. The summed E-state index contributed by atoms with van der Waals surface area (Å²) in [6, 6.07) is 15.2. The highest BCUT2D eigenvalue weighted by Gasteiger charge is 2.15. The quantitative estimate of drug-likeness (QED) is 0.449. The van der Waals surface area contributed by atoms with Crippen molar-refractivity contribution in [1.29, 1.82) is 5.26 Å². The second-order valence-corrected chi connectivity index (χ2v) is 6.05. The molecule has 2 aromatic carbocycles. The number of hydrogen-bond donors (Lipinski definition) is 0. The Bertz CT molecular complexity index is 847. The van der Waals surface area contributed by atoms with E-state index in [2.05, 4.69) is 6.07 Å². The summed E-state index contributed by atoms with van der Waals surface area (Å²) < 4.78 is 0. The third-order valence-electron chi connectivity index (χ3n) is 3.86. The fourth-order valence-corrected chi connectivity index (χ4v) is 2.37. The van der Waals surface area contributed by atoms with Crippen LogP contribution in [0.4, 0.5) is 5.69 Å². The molecule has 26 heavy (non-hydrogen) atoms. The fraction of sp³-hybridized carbons (Fsp3) is 0.200. The molecule has 2 aromatic rings. The van der Waals surface area contributed by atoms with Crippen molar-refractivity contribution in [3.05, 3.63) is 81.4 Å². The number of nitro groups is 1. The first-order chi connectivity index (χ1) is 12.4. The van der Waals surface area contributed by atoms with Crippen LogP contribution in [0.3, 0.4) is 0 Å². The monoisotopic (exact) mass is 349 g/mol. The third-order valence-corrected chi connectivity index (χ3v) is 3.86. The van der Waals surface area contributed by atoms with Crippen LogP contribution in [0.2, 0.25) is 0 Å². The first kappa shape index (κ1) is 18.9. The van der Waals surface area contributed by atoms with Crippen LogP contribution in [0, 0.1) is 21.4 Å². The van der Waals surface area contributed by atoms with Crippen molar-refractivity contribution in [2.24, 2.45) is 0 Å². The van der Waals surface area contributed by atoms with Gasteiger partial charge in [0, 0.05) is 30.8 Å². The molecule has 0 fully saturated rings. The molecule has 0 spiro atoms. The number of nitrogens with zero attached hydrogens (tertiary/aromatic N) is 3. The molecule has 0 atom stereocenters. The molecular weight excluding hydrogens is 330 g/mol. The van der Waals surface area contributed by atoms with E-state index in [0.29, 0.717) is 17.7 Å². The standard InChI is InChI=1S/C20H19N3O3/c1-15(2)22(14-18-5-3-17(13-21)4-6-18)20(24)12-9-16-7-10-19(11-8-16)23(25)26/h3-12,15H,14H2,1-2H3/b12-9+. The van der Waals surface area contributed by atoms with E-state index in [1.165, 1.54) is 18.2 Å². The van der Waals surface area contributed by atoms with Gasteiger partial charge in [-0.25, -0.2) is 0 Å². The minimum absolute atomic E-state index is 0.000320. The Morgan fingerprint density at radius 3 is 2.31 bits per heavy atom. The minimum atomic E-state index is -0.462. The number of amides is 1. The molecule has 0 aliphatic heterocycles. The van der Waals surface area contributed by atoms with Gasteiger partial charge in [-0.15, -0.1) is 0 Å². The van der Waals surface area contributed by atoms with Gasteiger partial charge < -0.3 is 4.90 Å².